The molecule has 1 aromatic rings. The van der Waals surface area contributed by atoms with Crippen LogP contribution in [-0.4, -0.2) is 48.0 Å². The van der Waals surface area contributed by atoms with Crippen molar-refractivity contribution in [1.82, 2.24) is 5.32 Å². The summed E-state index contributed by atoms with van der Waals surface area (Å²) in [7, 11) is 0.410. The third kappa shape index (κ3) is 5.93. The van der Waals surface area contributed by atoms with Gasteiger partial charge in [-0.15, -0.1) is 0 Å². The monoisotopic (exact) mass is 291 g/mol. The largest absolute Gasteiger partial charge is 0.391 e. The fourth-order valence-electron chi connectivity index (χ4n) is 1.36. The van der Waals surface area contributed by atoms with E-state index in [9.17, 15) is 9.32 Å². The fraction of sp³-hybridized carbons (Fsp3) is 0.500. The molecule has 1 aromatic carbocycles. The number of rotatable bonds is 8. The number of halogens is 1. The number of hydrogen-bond donors (Lipinski definition) is 2. The van der Waals surface area contributed by atoms with Crippen LogP contribution in [0.25, 0.3) is 0 Å². The molecule has 2 N–H and O–H groups in total. The molecule has 6 heteroatoms. The zero-order valence-electron chi connectivity index (χ0n) is 10.3. The molecule has 102 valence electrons. The molecule has 0 aliphatic carbocycles. The van der Waals surface area contributed by atoms with Crippen LogP contribution in [0.3, 0.4) is 0 Å². The van der Waals surface area contributed by atoms with E-state index in [0.29, 0.717) is 29.6 Å². The van der Waals surface area contributed by atoms with Crippen LogP contribution >= 0.6 is 11.6 Å². The zero-order chi connectivity index (χ0) is 13.4. The summed E-state index contributed by atoms with van der Waals surface area (Å²) in [6, 6.07) is 6.81. The van der Waals surface area contributed by atoms with E-state index in [1.54, 1.807) is 31.4 Å². The number of aliphatic hydroxyl groups is 1. The van der Waals surface area contributed by atoms with Gasteiger partial charge in [0.1, 0.15) is 0 Å². The van der Waals surface area contributed by atoms with E-state index in [1.807, 2.05) is 0 Å². The number of methoxy groups -OCH3 is 1. The summed E-state index contributed by atoms with van der Waals surface area (Å²) < 4.78 is 16.8. The van der Waals surface area contributed by atoms with Crippen LogP contribution in [0.1, 0.15) is 0 Å². The summed E-state index contributed by atoms with van der Waals surface area (Å²) in [4.78, 5) is 0.676. The number of ether oxygens (including phenoxy) is 1. The van der Waals surface area contributed by atoms with Crippen LogP contribution < -0.4 is 5.32 Å². The van der Waals surface area contributed by atoms with Crippen molar-refractivity contribution in [3.63, 3.8) is 0 Å². The second-order valence-electron chi connectivity index (χ2n) is 3.82. The molecule has 0 fully saturated rings. The summed E-state index contributed by atoms with van der Waals surface area (Å²) in [6.45, 7) is 1.66. The lowest BCUT2D eigenvalue weighted by Crippen LogP contribution is -2.32. The minimum absolute atomic E-state index is 0.210. The molecule has 1 rings (SSSR count). The van der Waals surface area contributed by atoms with Gasteiger partial charge < -0.3 is 15.2 Å². The lowest BCUT2D eigenvalue weighted by Gasteiger charge is -2.11. The van der Waals surface area contributed by atoms with Crippen molar-refractivity contribution < 1.29 is 14.1 Å². The molecule has 0 spiro atoms. The summed E-state index contributed by atoms with van der Waals surface area (Å²) in [5, 5.41) is 13.3. The minimum atomic E-state index is -1.21. The summed E-state index contributed by atoms with van der Waals surface area (Å²) in [6.07, 6.45) is -0.640. The van der Waals surface area contributed by atoms with E-state index in [1.165, 1.54) is 0 Å². The van der Waals surface area contributed by atoms with E-state index in [4.69, 9.17) is 16.3 Å². The molecule has 0 radical (unpaired) electrons. The highest BCUT2D eigenvalue weighted by molar-refractivity contribution is 7.85. The molecule has 18 heavy (non-hydrogen) atoms. The SMILES string of the molecule is COCCNCC(O)CS(=O)c1ccc(Cl)cc1. The molecular formula is C12H18ClNO3S. The van der Waals surface area contributed by atoms with E-state index < -0.39 is 16.9 Å². The van der Waals surface area contributed by atoms with Crippen molar-refractivity contribution in [2.75, 3.05) is 32.6 Å². The molecule has 0 aromatic heterocycles. The van der Waals surface area contributed by atoms with Crippen LogP contribution in [-0.2, 0) is 15.5 Å². The highest BCUT2D eigenvalue weighted by Crippen LogP contribution is 2.13. The Morgan fingerprint density at radius 1 is 1.44 bits per heavy atom. The van der Waals surface area contributed by atoms with Crippen molar-refractivity contribution in [3.8, 4) is 0 Å². The molecule has 0 saturated carbocycles. The molecule has 0 amide bonds. The van der Waals surface area contributed by atoms with E-state index in [0.717, 1.165) is 0 Å². The summed E-state index contributed by atoms with van der Waals surface area (Å²) in [5.41, 5.74) is 0. The topological polar surface area (TPSA) is 58.6 Å². The van der Waals surface area contributed by atoms with Crippen LogP contribution in [0.5, 0.6) is 0 Å². The van der Waals surface area contributed by atoms with E-state index in [2.05, 4.69) is 5.32 Å². The van der Waals surface area contributed by atoms with Crippen LogP contribution in [0.4, 0.5) is 0 Å². The van der Waals surface area contributed by atoms with Gasteiger partial charge in [-0.2, -0.15) is 0 Å². The van der Waals surface area contributed by atoms with Crippen molar-refractivity contribution in [1.29, 1.82) is 0 Å². The van der Waals surface area contributed by atoms with Crippen LogP contribution in [0.15, 0.2) is 29.2 Å². The summed E-state index contributed by atoms with van der Waals surface area (Å²) in [5.74, 6) is 0.210. The highest BCUT2D eigenvalue weighted by Gasteiger charge is 2.10. The first-order valence-electron chi connectivity index (χ1n) is 5.65. The van der Waals surface area contributed by atoms with Crippen LogP contribution in [0.2, 0.25) is 5.02 Å². The standard InChI is InChI=1S/C12H18ClNO3S/c1-17-7-6-14-8-11(15)9-18(16)12-4-2-10(13)3-5-12/h2-5,11,14-15H,6-9H2,1H3. The fourth-order valence-corrected chi connectivity index (χ4v) is 2.58. The average molecular weight is 292 g/mol. The van der Waals surface area contributed by atoms with Gasteiger partial charge in [0.15, 0.2) is 0 Å². The van der Waals surface area contributed by atoms with Gasteiger partial charge in [-0.25, -0.2) is 0 Å². The number of hydrogen-bond acceptors (Lipinski definition) is 4. The Morgan fingerprint density at radius 2 is 2.11 bits per heavy atom. The lowest BCUT2D eigenvalue weighted by molar-refractivity contribution is 0.174. The third-order valence-corrected chi connectivity index (χ3v) is 4.02. The average Bonchev–Trinajstić information content (AvgIpc) is 2.35. The molecule has 4 nitrogen and oxygen atoms in total. The third-order valence-electron chi connectivity index (χ3n) is 2.28. The molecule has 2 unspecified atom stereocenters. The quantitative estimate of drug-likeness (QED) is 0.703. The Kier molecular flexibility index (Phi) is 7.46. The van der Waals surface area contributed by atoms with Gasteiger partial charge in [0.05, 0.1) is 29.3 Å². The molecule has 0 bridgehead atoms. The Bertz CT molecular complexity index is 372. The Morgan fingerprint density at radius 3 is 2.72 bits per heavy atom. The van der Waals surface area contributed by atoms with Gasteiger partial charge in [0.2, 0.25) is 0 Å². The molecule has 0 aliphatic heterocycles. The number of aliphatic hydroxyl groups excluding tert-OH is 1. The Balaban J connectivity index is 2.33. The number of nitrogens with one attached hydrogen (secondary N) is 1. The maximum atomic E-state index is 11.9. The normalized spacial score (nSPS) is 14.4. The minimum Gasteiger partial charge on any atom is -0.391 e. The molecule has 2 atom stereocenters. The van der Waals surface area contributed by atoms with Crippen molar-refractivity contribution in [2.24, 2.45) is 0 Å². The van der Waals surface area contributed by atoms with Gasteiger partial charge in [-0.3, -0.25) is 4.21 Å². The molecular weight excluding hydrogens is 274 g/mol. The maximum absolute atomic E-state index is 11.9. The van der Waals surface area contributed by atoms with Gasteiger partial charge >= 0.3 is 0 Å². The predicted molar refractivity (Wildman–Crippen MR) is 73.5 cm³/mol. The first kappa shape index (κ1) is 15.6. The zero-order valence-corrected chi connectivity index (χ0v) is 11.8. The molecule has 0 saturated heterocycles. The Hall–Kier alpha value is -0.460. The van der Waals surface area contributed by atoms with E-state index >= 15 is 0 Å². The van der Waals surface area contributed by atoms with Crippen molar-refractivity contribution in [2.45, 2.75) is 11.0 Å². The van der Waals surface area contributed by atoms with Gasteiger partial charge in [-0.1, -0.05) is 11.6 Å². The van der Waals surface area contributed by atoms with Gasteiger partial charge in [-0.05, 0) is 24.3 Å². The van der Waals surface area contributed by atoms with Gasteiger partial charge in [0, 0.05) is 30.1 Å². The summed E-state index contributed by atoms with van der Waals surface area (Å²) >= 11 is 5.75. The first-order chi connectivity index (χ1) is 8.63. The second-order valence-corrected chi connectivity index (χ2v) is 5.75. The Labute approximate surface area is 115 Å². The highest BCUT2D eigenvalue weighted by atomic mass is 35.5. The smallest absolute Gasteiger partial charge is 0.0783 e. The second kappa shape index (κ2) is 8.61. The van der Waals surface area contributed by atoms with Crippen molar-refractivity contribution in [3.05, 3.63) is 29.3 Å². The molecule has 0 aliphatic rings. The maximum Gasteiger partial charge on any atom is 0.0783 e. The predicted octanol–water partition coefficient (Wildman–Crippen LogP) is 1.04. The first-order valence-corrected chi connectivity index (χ1v) is 7.35. The van der Waals surface area contributed by atoms with Crippen LogP contribution in [0, 0.1) is 0 Å². The lowest BCUT2D eigenvalue weighted by atomic mass is 10.4. The van der Waals surface area contributed by atoms with Crippen molar-refractivity contribution >= 4 is 22.4 Å². The van der Waals surface area contributed by atoms with Gasteiger partial charge in [0.25, 0.3) is 0 Å². The molecule has 0 heterocycles. The van der Waals surface area contributed by atoms with E-state index in [-0.39, 0.29) is 5.75 Å². The number of benzene rings is 1.